The molecule has 0 aromatic heterocycles. The van der Waals surface area contributed by atoms with Crippen molar-refractivity contribution in [2.45, 2.75) is 13.8 Å². The number of amides is 3. The Bertz CT molecular complexity index is 954. The fraction of sp³-hybridized carbons (Fsp3) is 0.150. The van der Waals surface area contributed by atoms with Crippen LogP contribution in [0.1, 0.15) is 16.7 Å². The lowest BCUT2D eigenvalue weighted by molar-refractivity contribution is -0.127. The van der Waals surface area contributed by atoms with E-state index in [2.05, 4.69) is 21.2 Å². The summed E-state index contributed by atoms with van der Waals surface area (Å²) in [6.07, 6.45) is 1.65. The molecule has 1 fully saturated rings. The predicted molar refractivity (Wildman–Crippen MR) is 111 cm³/mol. The third-order valence-corrected chi connectivity index (χ3v) is 5.57. The number of anilines is 1. The minimum Gasteiger partial charge on any atom is -0.325 e. The summed E-state index contributed by atoms with van der Waals surface area (Å²) in [4.78, 5) is 38.2. The normalized spacial score (nSPS) is 15.5. The topological polar surface area (TPSA) is 66.5 Å². The highest BCUT2D eigenvalue weighted by molar-refractivity contribution is 9.10. The van der Waals surface area contributed by atoms with Gasteiger partial charge < -0.3 is 5.32 Å². The molecule has 2 aromatic rings. The molecule has 3 rings (SSSR count). The van der Waals surface area contributed by atoms with Gasteiger partial charge in [-0.05, 0) is 72.6 Å². The van der Waals surface area contributed by atoms with Crippen molar-refractivity contribution in [3.63, 3.8) is 0 Å². The number of hydrogen-bond donors (Lipinski definition) is 1. The van der Waals surface area contributed by atoms with Crippen LogP contribution < -0.4 is 5.32 Å². The van der Waals surface area contributed by atoms with Crippen LogP contribution in [-0.4, -0.2) is 28.5 Å². The van der Waals surface area contributed by atoms with Crippen LogP contribution >= 0.6 is 27.7 Å². The van der Waals surface area contributed by atoms with Crippen LogP contribution in [0, 0.1) is 13.8 Å². The van der Waals surface area contributed by atoms with Gasteiger partial charge in [0.2, 0.25) is 5.91 Å². The van der Waals surface area contributed by atoms with E-state index in [4.69, 9.17) is 0 Å². The Morgan fingerprint density at radius 3 is 2.48 bits per heavy atom. The SMILES string of the molecule is Cc1ccc(NC(=O)CN2C(=O)SC(=Cc3ccc(Br)cc3)C2=O)cc1C. The molecular formula is C20H17BrN2O3S. The maximum atomic E-state index is 12.5. The van der Waals surface area contributed by atoms with Gasteiger partial charge in [0.25, 0.3) is 11.1 Å². The lowest BCUT2D eigenvalue weighted by atomic mass is 10.1. The van der Waals surface area contributed by atoms with Gasteiger partial charge in [-0.1, -0.05) is 34.1 Å². The average Bonchev–Trinajstić information content (AvgIpc) is 2.87. The number of thioether (sulfide) groups is 1. The maximum Gasteiger partial charge on any atom is 0.294 e. The average molecular weight is 445 g/mol. The quantitative estimate of drug-likeness (QED) is 0.691. The number of nitrogens with zero attached hydrogens (tertiary/aromatic N) is 1. The summed E-state index contributed by atoms with van der Waals surface area (Å²) >= 11 is 4.19. The van der Waals surface area contributed by atoms with Crippen molar-refractivity contribution in [3.05, 3.63) is 68.5 Å². The molecule has 1 aliphatic rings. The first-order valence-electron chi connectivity index (χ1n) is 8.21. The van der Waals surface area contributed by atoms with E-state index in [0.29, 0.717) is 10.6 Å². The molecule has 5 nitrogen and oxygen atoms in total. The Morgan fingerprint density at radius 1 is 1.11 bits per heavy atom. The Hall–Kier alpha value is -2.38. The highest BCUT2D eigenvalue weighted by atomic mass is 79.9. The Kier molecular flexibility index (Phi) is 5.82. The van der Waals surface area contributed by atoms with Crippen LogP contribution in [0.15, 0.2) is 51.8 Å². The number of benzene rings is 2. The van der Waals surface area contributed by atoms with E-state index in [1.165, 1.54) is 0 Å². The van der Waals surface area contributed by atoms with Crippen molar-refractivity contribution in [1.29, 1.82) is 0 Å². The van der Waals surface area contributed by atoms with Gasteiger partial charge in [-0.15, -0.1) is 0 Å². The second kappa shape index (κ2) is 8.10. The smallest absolute Gasteiger partial charge is 0.294 e. The largest absolute Gasteiger partial charge is 0.325 e. The van der Waals surface area contributed by atoms with Crippen LogP contribution in [0.5, 0.6) is 0 Å². The van der Waals surface area contributed by atoms with E-state index in [-0.39, 0.29) is 6.54 Å². The van der Waals surface area contributed by atoms with Gasteiger partial charge in [-0.25, -0.2) is 0 Å². The highest BCUT2D eigenvalue weighted by Gasteiger charge is 2.36. The van der Waals surface area contributed by atoms with Crippen LogP contribution in [0.25, 0.3) is 6.08 Å². The first-order chi connectivity index (χ1) is 12.8. The second-order valence-electron chi connectivity index (χ2n) is 6.17. The molecule has 0 spiro atoms. The van der Waals surface area contributed by atoms with Crippen molar-refractivity contribution in [3.8, 4) is 0 Å². The molecule has 3 amide bonds. The van der Waals surface area contributed by atoms with Crippen LogP contribution in [0.3, 0.4) is 0 Å². The molecule has 27 heavy (non-hydrogen) atoms. The second-order valence-corrected chi connectivity index (χ2v) is 8.08. The van der Waals surface area contributed by atoms with Crippen molar-refractivity contribution in [2.24, 2.45) is 0 Å². The van der Waals surface area contributed by atoms with Crippen molar-refractivity contribution < 1.29 is 14.4 Å². The number of halogens is 1. The Morgan fingerprint density at radius 2 is 1.81 bits per heavy atom. The molecule has 1 heterocycles. The van der Waals surface area contributed by atoms with E-state index in [0.717, 1.165) is 37.8 Å². The van der Waals surface area contributed by atoms with Gasteiger partial charge in [0.05, 0.1) is 4.91 Å². The molecule has 138 valence electrons. The molecule has 1 saturated heterocycles. The summed E-state index contributed by atoms with van der Waals surface area (Å²) in [6, 6.07) is 12.9. The maximum absolute atomic E-state index is 12.5. The minimum atomic E-state index is -0.455. The molecule has 0 unspecified atom stereocenters. The molecule has 0 aliphatic carbocycles. The number of imide groups is 1. The number of aryl methyl sites for hydroxylation is 2. The lowest BCUT2D eigenvalue weighted by Crippen LogP contribution is -2.36. The molecule has 0 saturated carbocycles. The molecule has 1 N–H and O–H groups in total. The molecular weight excluding hydrogens is 428 g/mol. The number of hydrogen-bond acceptors (Lipinski definition) is 4. The third kappa shape index (κ3) is 4.67. The van der Waals surface area contributed by atoms with Gasteiger partial charge in [-0.2, -0.15) is 0 Å². The lowest BCUT2D eigenvalue weighted by Gasteiger charge is -2.13. The van der Waals surface area contributed by atoms with Gasteiger partial charge in [0.1, 0.15) is 6.54 Å². The van der Waals surface area contributed by atoms with Crippen molar-refractivity contribution in [1.82, 2.24) is 4.90 Å². The fourth-order valence-electron chi connectivity index (χ4n) is 2.51. The molecule has 0 radical (unpaired) electrons. The van der Waals surface area contributed by atoms with Gasteiger partial charge in [0, 0.05) is 10.2 Å². The minimum absolute atomic E-state index is 0.307. The first-order valence-corrected chi connectivity index (χ1v) is 9.82. The van der Waals surface area contributed by atoms with Gasteiger partial charge >= 0.3 is 0 Å². The van der Waals surface area contributed by atoms with Crippen LogP contribution in [0.4, 0.5) is 10.5 Å². The van der Waals surface area contributed by atoms with Crippen molar-refractivity contribution in [2.75, 3.05) is 11.9 Å². The summed E-state index contributed by atoms with van der Waals surface area (Å²) in [7, 11) is 0. The summed E-state index contributed by atoms with van der Waals surface area (Å²) in [5.41, 5.74) is 3.62. The monoisotopic (exact) mass is 444 g/mol. The van der Waals surface area contributed by atoms with E-state index in [1.807, 2.05) is 50.2 Å². The Balaban J connectivity index is 1.68. The molecule has 2 aromatic carbocycles. The molecule has 0 bridgehead atoms. The predicted octanol–water partition coefficient (Wildman–Crippen LogP) is 4.74. The summed E-state index contributed by atoms with van der Waals surface area (Å²) in [5.74, 6) is -0.867. The zero-order valence-corrected chi connectivity index (χ0v) is 17.2. The fourth-order valence-corrected chi connectivity index (χ4v) is 3.61. The standard InChI is InChI=1S/C20H17BrN2O3S/c1-12-3-8-16(9-13(12)2)22-18(24)11-23-19(25)17(27-20(23)26)10-14-4-6-15(21)7-5-14/h3-10H,11H2,1-2H3,(H,22,24). The molecule has 7 heteroatoms. The van der Waals surface area contributed by atoms with Gasteiger partial charge in [0.15, 0.2) is 0 Å². The third-order valence-electron chi connectivity index (χ3n) is 4.13. The van der Waals surface area contributed by atoms with E-state index >= 15 is 0 Å². The van der Waals surface area contributed by atoms with Crippen LogP contribution in [0.2, 0.25) is 0 Å². The van der Waals surface area contributed by atoms with Crippen molar-refractivity contribution >= 4 is 56.5 Å². The number of nitrogens with one attached hydrogen (secondary N) is 1. The summed E-state index contributed by atoms with van der Waals surface area (Å²) < 4.78 is 0.927. The number of rotatable bonds is 4. The summed E-state index contributed by atoms with van der Waals surface area (Å²) in [5, 5.41) is 2.28. The summed E-state index contributed by atoms with van der Waals surface area (Å²) in [6.45, 7) is 3.63. The number of carbonyl (C=O) groups excluding carboxylic acids is 3. The van der Waals surface area contributed by atoms with E-state index < -0.39 is 17.1 Å². The molecule has 0 atom stereocenters. The zero-order chi connectivity index (χ0) is 19.6. The van der Waals surface area contributed by atoms with E-state index in [9.17, 15) is 14.4 Å². The Labute approximate surface area is 169 Å². The molecule has 1 aliphatic heterocycles. The van der Waals surface area contributed by atoms with Crippen LogP contribution in [-0.2, 0) is 9.59 Å². The number of carbonyl (C=O) groups is 3. The van der Waals surface area contributed by atoms with Gasteiger partial charge in [-0.3, -0.25) is 19.3 Å². The highest BCUT2D eigenvalue weighted by Crippen LogP contribution is 2.32. The van der Waals surface area contributed by atoms with E-state index in [1.54, 1.807) is 12.1 Å². The first kappa shape index (κ1) is 19.4. The zero-order valence-electron chi connectivity index (χ0n) is 14.8.